The van der Waals surface area contributed by atoms with Gasteiger partial charge in [-0.25, -0.2) is 0 Å². The van der Waals surface area contributed by atoms with Crippen LogP contribution in [0, 0.1) is 0 Å². The van der Waals surface area contributed by atoms with Crippen LogP contribution in [0.4, 0.5) is 0 Å². The summed E-state index contributed by atoms with van der Waals surface area (Å²) in [6.07, 6.45) is 0.723. The van der Waals surface area contributed by atoms with E-state index in [0.29, 0.717) is 18.3 Å². The molecule has 14 heavy (non-hydrogen) atoms. The second-order valence-corrected chi connectivity index (χ2v) is 3.60. The molecule has 2 heterocycles. The van der Waals surface area contributed by atoms with Crippen molar-refractivity contribution in [3.8, 4) is 0 Å². The Labute approximate surface area is 91.5 Å². The maximum absolute atomic E-state index is 5.34. The summed E-state index contributed by atoms with van der Waals surface area (Å²) >= 11 is 1.68. The Hall–Kier alpha value is -0.910. The summed E-state index contributed by atoms with van der Waals surface area (Å²) in [6.45, 7) is 0.303. The van der Waals surface area contributed by atoms with Crippen molar-refractivity contribution in [2.75, 3.05) is 0 Å². The van der Waals surface area contributed by atoms with Gasteiger partial charge in [-0.1, -0.05) is 11.2 Å². The molecule has 76 valence electrons. The monoisotopic (exact) mass is 231 g/mol. The first-order valence-corrected chi connectivity index (χ1v) is 4.80. The molecule has 6 heteroatoms. The Balaban J connectivity index is 0.000000980. The van der Waals surface area contributed by atoms with Crippen LogP contribution in [0.1, 0.15) is 16.6 Å². The number of rotatable bonds is 3. The van der Waals surface area contributed by atoms with E-state index in [9.17, 15) is 0 Å². The Morgan fingerprint density at radius 3 is 2.93 bits per heavy atom. The predicted octanol–water partition coefficient (Wildman–Crippen LogP) is 1.60. The summed E-state index contributed by atoms with van der Waals surface area (Å²) in [7, 11) is 0. The Morgan fingerprint density at radius 1 is 1.50 bits per heavy atom. The topological polar surface area (TPSA) is 64.9 Å². The first kappa shape index (κ1) is 11.2. The zero-order chi connectivity index (χ0) is 9.10. The fourth-order valence-corrected chi connectivity index (χ4v) is 1.72. The van der Waals surface area contributed by atoms with Crippen LogP contribution in [0.25, 0.3) is 0 Å². The van der Waals surface area contributed by atoms with Gasteiger partial charge in [0.25, 0.3) is 0 Å². The van der Waals surface area contributed by atoms with E-state index < -0.39 is 0 Å². The molecule has 0 aromatic carbocycles. The Morgan fingerprint density at radius 2 is 2.36 bits per heavy atom. The molecule has 0 unspecified atom stereocenters. The van der Waals surface area contributed by atoms with Gasteiger partial charge in [0.2, 0.25) is 5.89 Å². The van der Waals surface area contributed by atoms with Crippen LogP contribution in [0.15, 0.2) is 22.0 Å². The van der Waals surface area contributed by atoms with E-state index in [1.54, 1.807) is 11.3 Å². The van der Waals surface area contributed by atoms with E-state index in [0.717, 1.165) is 6.42 Å². The van der Waals surface area contributed by atoms with Crippen molar-refractivity contribution < 1.29 is 4.52 Å². The highest BCUT2D eigenvalue weighted by Crippen LogP contribution is 2.12. The van der Waals surface area contributed by atoms with Crippen LogP contribution in [-0.2, 0) is 13.0 Å². The standard InChI is InChI=1S/C8H9N3OS.ClH/c9-5-8-10-7(11-12-8)4-6-2-1-3-13-6;/h1-3H,4-5,9H2;1H. The van der Waals surface area contributed by atoms with Crippen molar-refractivity contribution in [3.63, 3.8) is 0 Å². The lowest BCUT2D eigenvalue weighted by Crippen LogP contribution is -1.96. The summed E-state index contributed by atoms with van der Waals surface area (Å²) in [4.78, 5) is 5.33. The van der Waals surface area contributed by atoms with Gasteiger partial charge in [0, 0.05) is 11.3 Å². The predicted molar refractivity (Wildman–Crippen MR) is 56.6 cm³/mol. The molecular formula is C8H10ClN3OS. The molecule has 2 aromatic rings. The van der Waals surface area contributed by atoms with Gasteiger partial charge in [-0.15, -0.1) is 23.7 Å². The first-order valence-electron chi connectivity index (χ1n) is 3.92. The molecule has 4 nitrogen and oxygen atoms in total. The quantitative estimate of drug-likeness (QED) is 0.872. The molecule has 0 atom stereocenters. The van der Waals surface area contributed by atoms with Crippen molar-refractivity contribution in [2.45, 2.75) is 13.0 Å². The molecule has 2 N–H and O–H groups in total. The van der Waals surface area contributed by atoms with Gasteiger partial charge in [0.1, 0.15) is 0 Å². The summed E-state index contributed by atoms with van der Waals surface area (Å²) in [5, 5.41) is 5.83. The molecule has 0 fully saturated rings. The van der Waals surface area contributed by atoms with Crippen LogP contribution in [-0.4, -0.2) is 10.1 Å². The molecule has 0 spiro atoms. The minimum Gasteiger partial charge on any atom is -0.338 e. The van der Waals surface area contributed by atoms with E-state index in [-0.39, 0.29) is 12.4 Å². The number of halogens is 1. The molecule has 2 aromatic heterocycles. The molecule has 0 aliphatic rings. The molecule has 0 radical (unpaired) electrons. The van der Waals surface area contributed by atoms with E-state index in [4.69, 9.17) is 10.3 Å². The number of nitrogens with zero attached hydrogens (tertiary/aromatic N) is 2. The summed E-state index contributed by atoms with van der Waals surface area (Å²) < 4.78 is 4.88. The second kappa shape index (κ2) is 5.09. The van der Waals surface area contributed by atoms with E-state index >= 15 is 0 Å². The fourth-order valence-electron chi connectivity index (χ4n) is 1.01. The van der Waals surface area contributed by atoms with Crippen molar-refractivity contribution in [3.05, 3.63) is 34.1 Å². The third-order valence-electron chi connectivity index (χ3n) is 1.60. The van der Waals surface area contributed by atoms with Gasteiger partial charge < -0.3 is 10.3 Å². The Bertz CT molecular complexity index is 374. The lowest BCUT2D eigenvalue weighted by Gasteiger charge is -1.86. The Kier molecular flexibility index (Phi) is 4.06. The lowest BCUT2D eigenvalue weighted by atomic mass is 10.3. The molecule has 0 amide bonds. The van der Waals surface area contributed by atoms with Crippen LogP contribution < -0.4 is 5.73 Å². The maximum atomic E-state index is 5.34. The van der Waals surface area contributed by atoms with E-state index in [1.165, 1.54) is 4.88 Å². The van der Waals surface area contributed by atoms with Crippen molar-refractivity contribution in [1.29, 1.82) is 0 Å². The molecule has 0 aliphatic heterocycles. The third-order valence-corrected chi connectivity index (χ3v) is 2.47. The van der Waals surface area contributed by atoms with Gasteiger partial charge in [-0.05, 0) is 11.4 Å². The molecule has 0 bridgehead atoms. The average Bonchev–Trinajstić information content (AvgIpc) is 2.76. The third kappa shape index (κ3) is 2.54. The lowest BCUT2D eigenvalue weighted by molar-refractivity contribution is 0.375. The molecule has 2 rings (SSSR count). The van der Waals surface area contributed by atoms with E-state index in [1.807, 2.05) is 17.5 Å². The molecule has 0 saturated heterocycles. The first-order chi connectivity index (χ1) is 6.38. The highest BCUT2D eigenvalue weighted by atomic mass is 35.5. The van der Waals surface area contributed by atoms with Gasteiger partial charge in [0.05, 0.1) is 6.54 Å². The van der Waals surface area contributed by atoms with Crippen LogP contribution >= 0.6 is 23.7 Å². The van der Waals surface area contributed by atoms with E-state index in [2.05, 4.69) is 10.1 Å². The number of hydrogen-bond acceptors (Lipinski definition) is 5. The van der Waals surface area contributed by atoms with Crippen LogP contribution in [0.3, 0.4) is 0 Å². The highest BCUT2D eigenvalue weighted by Gasteiger charge is 2.05. The van der Waals surface area contributed by atoms with Crippen molar-refractivity contribution in [2.24, 2.45) is 5.73 Å². The average molecular weight is 232 g/mol. The summed E-state index contributed by atoms with van der Waals surface area (Å²) in [6, 6.07) is 4.05. The zero-order valence-corrected chi connectivity index (χ0v) is 8.98. The van der Waals surface area contributed by atoms with Crippen molar-refractivity contribution >= 4 is 23.7 Å². The normalized spacial score (nSPS) is 9.79. The number of nitrogens with two attached hydrogens (primary N) is 1. The SMILES string of the molecule is Cl.NCc1nc(Cc2cccs2)no1. The largest absolute Gasteiger partial charge is 0.338 e. The fraction of sp³-hybridized carbons (Fsp3) is 0.250. The summed E-state index contributed by atoms with van der Waals surface area (Å²) in [5.41, 5.74) is 5.34. The van der Waals surface area contributed by atoms with Gasteiger partial charge in [-0.2, -0.15) is 4.98 Å². The minimum atomic E-state index is 0. The minimum absolute atomic E-state index is 0. The van der Waals surface area contributed by atoms with Crippen LogP contribution in [0.5, 0.6) is 0 Å². The van der Waals surface area contributed by atoms with Crippen molar-refractivity contribution in [1.82, 2.24) is 10.1 Å². The zero-order valence-electron chi connectivity index (χ0n) is 7.34. The van der Waals surface area contributed by atoms with Gasteiger partial charge in [-0.3, -0.25) is 0 Å². The second-order valence-electron chi connectivity index (χ2n) is 2.56. The number of hydrogen-bond donors (Lipinski definition) is 1. The summed E-state index contributed by atoms with van der Waals surface area (Å²) in [5.74, 6) is 1.19. The molecule has 0 aliphatic carbocycles. The number of aromatic nitrogens is 2. The van der Waals surface area contributed by atoms with Gasteiger partial charge in [0.15, 0.2) is 5.82 Å². The van der Waals surface area contributed by atoms with Crippen LogP contribution in [0.2, 0.25) is 0 Å². The number of thiophene rings is 1. The van der Waals surface area contributed by atoms with Gasteiger partial charge >= 0.3 is 0 Å². The highest BCUT2D eigenvalue weighted by molar-refractivity contribution is 7.09. The smallest absolute Gasteiger partial charge is 0.240 e. The molecule has 0 saturated carbocycles. The maximum Gasteiger partial charge on any atom is 0.240 e. The molecular weight excluding hydrogens is 222 g/mol.